The molecule has 0 saturated carbocycles. The topological polar surface area (TPSA) is 158 Å². The number of rotatable bonds is 9. The largest absolute Gasteiger partial charge is 0.480 e. The molecule has 2 atom stereocenters. The van der Waals surface area contributed by atoms with Gasteiger partial charge in [0.25, 0.3) is 0 Å². The third-order valence-electron chi connectivity index (χ3n) is 6.74. The van der Waals surface area contributed by atoms with Gasteiger partial charge in [0.05, 0.1) is 0 Å². The van der Waals surface area contributed by atoms with Gasteiger partial charge in [-0.2, -0.15) is 0 Å². The fraction of sp³-hybridized carbons (Fsp3) is 0.385. The van der Waals surface area contributed by atoms with E-state index in [1.165, 1.54) is 4.90 Å². The number of ether oxygens (including phenoxy) is 1. The molecule has 0 bridgehead atoms. The van der Waals surface area contributed by atoms with E-state index >= 15 is 0 Å². The Morgan fingerprint density at radius 3 is 2.36 bits per heavy atom. The number of hydrogen-bond donors (Lipinski definition) is 5. The van der Waals surface area contributed by atoms with Gasteiger partial charge in [-0.1, -0.05) is 48.5 Å². The Morgan fingerprint density at radius 1 is 1.11 bits per heavy atom. The van der Waals surface area contributed by atoms with Gasteiger partial charge in [0.1, 0.15) is 18.7 Å². The van der Waals surface area contributed by atoms with E-state index in [1.807, 2.05) is 48.5 Å². The standard InChI is InChI=1S/C26H31N5O5/c27-25(28)29-13-5-11-21(23(32)31-14-6-12-22(31)24(33)34)30-26(35)36-15-20-18-9-3-1-7-16(18)17-8-2-4-10-19(17)20/h1-4,7-10,20-22H,5-6,11-15H2,(H,30,35)(H,33,34)(H4,27,28,29)/t21-,22-/m0/s1. The zero-order valence-electron chi connectivity index (χ0n) is 19.9. The Labute approximate surface area is 209 Å². The molecule has 1 heterocycles. The van der Waals surface area contributed by atoms with Gasteiger partial charge in [-0.15, -0.1) is 0 Å². The van der Waals surface area contributed by atoms with Crippen molar-refractivity contribution in [3.63, 3.8) is 0 Å². The molecular formula is C26H31N5O5. The fourth-order valence-electron chi connectivity index (χ4n) is 5.06. The zero-order chi connectivity index (χ0) is 25.7. The number of carbonyl (C=O) groups is 3. The quantitative estimate of drug-likeness (QED) is 0.204. The van der Waals surface area contributed by atoms with Crippen molar-refractivity contribution in [1.29, 1.82) is 5.41 Å². The molecule has 2 aromatic rings. The SMILES string of the molecule is N=C(N)NCCC[C@H](NC(=O)OCC1c2ccccc2-c2ccccc21)C(=O)N1CCC[C@H]1C(=O)O. The van der Waals surface area contributed by atoms with E-state index in [4.69, 9.17) is 15.9 Å². The van der Waals surface area contributed by atoms with Crippen LogP contribution >= 0.6 is 0 Å². The average Bonchev–Trinajstić information content (AvgIpc) is 3.48. The van der Waals surface area contributed by atoms with Crippen LogP contribution in [-0.2, 0) is 14.3 Å². The first-order valence-electron chi connectivity index (χ1n) is 12.1. The van der Waals surface area contributed by atoms with Gasteiger partial charge in [-0.25, -0.2) is 9.59 Å². The minimum absolute atomic E-state index is 0.105. The van der Waals surface area contributed by atoms with Crippen molar-refractivity contribution in [2.75, 3.05) is 19.7 Å². The molecule has 0 aromatic heterocycles. The minimum Gasteiger partial charge on any atom is -0.480 e. The number of carbonyl (C=O) groups excluding carboxylic acids is 2. The summed E-state index contributed by atoms with van der Waals surface area (Å²) in [4.78, 5) is 38.9. The molecule has 36 heavy (non-hydrogen) atoms. The van der Waals surface area contributed by atoms with Gasteiger partial charge in [0, 0.05) is 19.0 Å². The van der Waals surface area contributed by atoms with Crippen LogP contribution in [0.5, 0.6) is 0 Å². The normalized spacial score (nSPS) is 17.1. The number of likely N-dealkylation sites (tertiary alicyclic amines) is 1. The molecule has 0 unspecified atom stereocenters. The number of nitrogens with one attached hydrogen (secondary N) is 3. The molecular weight excluding hydrogens is 462 g/mol. The first kappa shape index (κ1) is 25.0. The van der Waals surface area contributed by atoms with Crippen molar-refractivity contribution in [1.82, 2.24) is 15.5 Å². The van der Waals surface area contributed by atoms with Crippen molar-refractivity contribution < 1.29 is 24.2 Å². The molecule has 1 fully saturated rings. The second-order valence-corrected chi connectivity index (χ2v) is 9.03. The molecule has 2 amide bonds. The first-order valence-corrected chi connectivity index (χ1v) is 12.1. The zero-order valence-corrected chi connectivity index (χ0v) is 19.9. The van der Waals surface area contributed by atoms with E-state index in [2.05, 4.69) is 10.6 Å². The maximum Gasteiger partial charge on any atom is 0.407 e. The van der Waals surface area contributed by atoms with Gasteiger partial charge in [0.15, 0.2) is 5.96 Å². The van der Waals surface area contributed by atoms with Crippen molar-refractivity contribution >= 4 is 23.9 Å². The highest BCUT2D eigenvalue weighted by Gasteiger charge is 2.38. The van der Waals surface area contributed by atoms with E-state index < -0.39 is 30.1 Å². The van der Waals surface area contributed by atoms with Crippen LogP contribution in [0.25, 0.3) is 11.1 Å². The van der Waals surface area contributed by atoms with Crippen molar-refractivity contribution in [2.45, 2.75) is 43.7 Å². The fourth-order valence-corrected chi connectivity index (χ4v) is 5.06. The second-order valence-electron chi connectivity index (χ2n) is 9.03. The molecule has 2 aliphatic rings. The Morgan fingerprint density at radius 2 is 1.75 bits per heavy atom. The average molecular weight is 494 g/mol. The number of benzene rings is 2. The van der Waals surface area contributed by atoms with Gasteiger partial charge in [-0.05, 0) is 47.9 Å². The summed E-state index contributed by atoms with van der Waals surface area (Å²) in [5.41, 5.74) is 9.69. The van der Waals surface area contributed by atoms with E-state index in [0.29, 0.717) is 32.4 Å². The third-order valence-corrected chi connectivity index (χ3v) is 6.74. The van der Waals surface area contributed by atoms with Crippen LogP contribution in [0.15, 0.2) is 48.5 Å². The van der Waals surface area contributed by atoms with Crippen LogP contribution in [0.4, 0.5) is 4.79 Å². The lowest BCUT2D eigenvalue weighted by Crippen LogP contribution is -2.52. The van der Waals surface area contributed by atoms with Gasteiger partial charge < -0.3 is 31.1 Å². The van der Waals surface area contributed by atoms with E-state index in [-0.39, 0.29) is 24.9 Å². The number of aliphatic carboxylic acids is 1. The van der Waals surface area contributed by atoms with E-state index in [0.717, 1.165) is 22.3 Å². The molecule has 1 aliphatic carbocycles. The number of amides is 2. The molecule has 10 heteroatoms. The number of hydrogen-bond acceptors (Lipinski definition) is 5. The Bertz CT molecular complexity index is 1110. The van der Waals surface area contributed by atoms with Crippen LogP contribution in [0, 0.1) is 5.41 Å². The van der Waals surface area contributed by atoms with Gasteiger partial charge in [0.2, 0.25) is 5.91 Å². The number of fused-ring (bicyclic) bond motifs is 3. The molecule has 1 saturated heterocycles. The van der Waals surface area contributed by atoms with Gasteiger partial charge in [-0.3, -0.25) is 10.2 Å². The van der Waals surface area contributed by atoms with Crippen molar-refractivity contribution in [3.05, 3.63) is 59.7 Å². The summed E-state index contributed by atoms with van der Waals surface area (Å²) in [7, 11) is 0. The number of guanidine groups is 1. The number of nitrogens with two attached hydrogens (primary N) is 1. The molecule has 1 aliphatic heterocycles. The Kier molecular flexibility index (Phi) is 7.72. The monoisotopic (exact) mass is 493 g/mol. The lowest BCUT2D eigenvalue weighted by atomic mass is 9.98. The number of alkyl carbamates (subject to hydrolysis) is 1. The number of carboxylic acids is 1. The predicted molar refractivity (Wildman–Crippen MR) is 134 cm³/mol. The summed E-state index contributed by atoms with van der Waals surface area (Å²) in [5, 5.41) is 22.1. The highest BCUT2D eigenvalue weighted by Crippen LogP contribution is 2.44. The van der Waals surface area contributed by atoms with Crippen molar-refractivity contribution in [3.8, 4) is 11.1 Å². The molecule has 190 valence electrons. The van der Waals surface area contributed by atoms with Crippen LogP contribution in [0.3, 0.4) is 0 Å². The maximum atomic E-state index is 13.2. The minimum atomic E-state index is -1.06. The Hall–Kier alpha value is -4.08. The summed E-state index contributed by atoms with van der Waals surface area (Å²) in [6.45, 7) is 0.770. The van der Waals surface area contributed by atoms with E-state index in [1.54, 1.807) is 0 Å². The summed E-state index contributed by atoms with van der Waals surface area (Å²) in [6.07, 6.45) is 0.912. The second kappa shape index (κ2) is 11.1. The van der Waals surface area contributed by atoms with Gasteiger partial charge >= 0.3 is 12.1 Å². The summed E-state index contributed by atoms with van der Waals surface area (Å²) >= 11 is 0. The molecule has 2 aromatic carbocycles. The molecule has 6 N–H and O–H groups in total. The van der Waals surface area contributed by atoms with Crippen molar-refractivity contribution in [2.24, 2.45) is 5.73 Å². The smallest absolute Gasteiger partial charge is 0.407 e. The van der Waals surface area contributed by atoms with Crippen LogP contribution in [0.2, 0.25) is 0 Å². The summed E-state index contributed by atoms with van der Waals surface area (Å²) < 4.78 is 5.59. The molecule has 4 rings (SSSR count). The first-order chi connectivity index (χ1) is 17.4. The molecule has 0 radical (unpaired) electrons. The van der Waals surface area contributed by atoms with Crippen LogP contribution in [0.1, 0.15) is 42.7 Å². The number of carboxylic acid groups (broad SMARTS) is 1. The Balaban J connectivity index is 1.42. The lowest BCUT2D eigenvalue weighted by molar-refractivity contribution is -0.149. The summed E-state index contributed by atoms with van der Waals surface area (Å²) in [5.74, 6) is -1.81. The molecule has 0 spiro atoms. The molecule has 10 nitrogen and oxygen atoms in total. The predicted octanol–water partition coefficient (Wildman–Crippen LogP) is 2.23. The van der Waals surface area contributed by atoms with E-state index in [9.17, 15) is 19.5 Å². The number of nitrogens with zero attached hydrogens (tertiary/aromatic N) is 1. The van der Waals surface area contributed by atoms with Crippen LogP contribution < -0.4 is 16.4 Å². The lowest BCUT2D eigenvalue weighted by Gasteiger charge is -2.27. The third kappa shape index (κ3) is 5.42. The highest BCUT2D eigenvalue weighted by molar-refractivity contribution is 5.90. The summed E-state index contributed by atoms with van der Waals surface area (Å²) in [6, 6.07) is 14.2. The highest BCUT2D eigenvalue weighted by atomic mass is 16.5. The maximum absolute atomic E-state index is 13.2. The van der Waals surface area contributed by atoms with Crippen LogP contribution in [-0.4, -0.2) is 65.7 Å².